The Balaban J connectivity index is 1.94. The molecule has 2 aliphatic rings. The molecule has 2 N–H and O–H groups in total. The number of amides is 2. The van der Waals surface area contributed by atoms with E-state index >= 15 is 0 Å². The molecule has 108 valence electrons. The number of ether oxygens (including phenoxy) is 1. The van der Waals surface area contributed by atoms with Crippen LogP contribution in [0.5, 0.6) is 0 Å². The molecule has 0 bridgehead atoms. The summed E-state index contributed by atoms with van der Waals surface area (Å²) in [6, 6.07) is -0.164. The highest BCUT2D eigenvalue weighted by Crippen LogP contribution is 2.35. The number of carboxylic acid groups (broad SMARTS) is 1. The van der Waals surface area contributed by atoms with Crippen LogP contribution in [0.2, 0.25) is 0 Å². The molecule has 6 heteroatoms. The van der Waals surface area contributed by atoms with E-state index in [0.717, 1.165) is 19.3 Å². The number of nitrogens with zero attached hydrogens (tertiary/aromatic N) is 1. The van der Waals surface area contributed by atoms with E-state index in [1.54, 1.807) is 4.90 Å². The van der Waals surface area contributed by atoms with Crippen molar-refractivity contribution >= 4 is 12.0 Å². The second-order valence-corrected chi connectivity index (χ2v) is 5.80. The quantitative estimate of drug-likeness (QED) is 0.807. The van der Waals surface area contributed by atoms with Crippen molar-refractivity contribution in [2.45, 2.75) is 57.3 Å². The topological polar surface area (TPSA) is 78.9 Å². The Morgan fingerprint density at radius 1 is 1.32 bits per heavy atom. The molecule has 1 aliphatic carbocycles. The summed E-state index contributed by atoms with van der Waals surface area (Å²) < 4.78 is 5.59. The third kappa shape index (κ3) is 3.37. The van der Waals surface area contributed by atoms with Crippen molar-refractivity contribution in [1.82, 2.24) is 10.2 Å². The van der Waals surface area contributed by atoms with Gasteiger partial charge in [-0.2, -0.15) is 0 Å². The minimum atomic E-state index is -0.858. The molecule has 2 amide bonds. The lowest BCUT2D eigenvalue weighted by Crippen LogP contribution is -2.60. The van der Waals surface area contributed by atoms with Crippen molar-refractivity contribution in [3.05, 3.63) is 0 Å². The summed E-state index contributed by atoms with van der Waals surface area (Å²) >= 11 is 0. The molecule has 19 heavy (non-hydrogen) atoms. The maximum absolute atomic E-state index is 12.2. The smallest absolute Gasteiger partial charge is 0.318 e. The fourth-order valence-corrected chi connectivity index (χ4v) is 2.89. The van der Waals surface area contributed by atoms with Crippen LogP contribution in [-0.2, 0) is 9.53 Å². The summed E-state index contributed by atoms with van der Waals surface area (Å²) in [5, 5.41) is 11.9. The van der Waals surface area contributed by atoms with E-state index in [1.165, 1.54) is 0 Å². The number of urea groups is 1. The average Bonchev–Trinajstić information content (AvgIpc) is 2.23. The van der Waals surface area contributed by atoms with E-state index in [0.29, 0.717) is 13.1 Å². The van der Waals surface area contributed by atoms with E-state index in [4.69, 9.17) is 9.84 Å². The molecule has 0 radical (unpaired) electrons. The fraction of sp³-hybridized carbons (Fsp3) is 0.846. The minimum Gasteiger partial charge on any atom is -0.481 e. The Bertz CT molecular complexity index is 358. The van der Waals surface area contributed by atoms with Gasteiger partial charge in [-0.05, 0) is 33.1 Å². The number of aliphatic carboxylic acids is 1. The highest BCUT2D eigenvalue weighted by Gasteiger charge is 2.41. The molecular weight excluding hydrogens is 248 g/mol. The lowest BCUT2D eigenvalue weighted by molar-refractivity contribution is -0.139. The van der Waals surface area contributed by atoms with Crippen LogP contribution in [0, 0.1) is 0 Å². The number of morpholine rings is 1. The maximum Gasteiger partial charge on any atom is 0.318 e. The van der Waals surface area contributed by atoms with Gasteiger partial charge in [-0.15, -0.1) is 0 Å². The summed E-state index contributed by atoms with van der Waals surface area (Å²) in [5.74, 6) is -0.858. The van der Waals surface area contributed by atoms with Crippen LogP contribution in [0.4, 0.5) is 4.79 Å². The van der Waals surface area contributed by atoms with Crippen LogP contribution >= 0.6 is 0 Å². The number of carboxylic acids is 1. The zero-order valence-corrected chi connectivity index (χ0v) is 11.5. The van der Waals surface area contributed by atoms with Crippen LogP contribution < -0.4 is 5.32 Å². The van der Waals surface area contributed by atoms with Gasteiger partial charge in [0, 0.05) is 13.1 Å². The van der Waals surface area contributed by atoms with Gasteiger partial charge in [-0.1, -0.05) is 0 Å². The van der Waals surface area contributed by atoms with Crippen LogP contribution in [0.25, 0.3) is 0 Å². The third-order valence-corrected chi connectivity index (χ3v) is 3.88. The predicted octanol–water partition coefficient (Wildman–Crippen LogP) is 1.20. The summed E-state index contributed by atoms with van der Waals surface area (Å²) in [6.45, 7) is 4.98. The van der Waals surface area contributed by atoms with Crippen molar-refractivity contribution in [3.63, 3.8) is 0 Å². The van der Waals surface area contributed by atoms with Crippen LogP contribution in [0.3, 0.4) is 0 Å². The van der Waals surface area contributed by atoms with E-state index in [-0.39, 0.29) is 24.7 Å². The standard InChI is InChI=1S/C13H22N2O4/c1-9-7-15(8-10(2)19-9)12(18)14-13(4-3-5-13)6-11(16)17/h9-10H,3-8H2,1-2H3,(H,14,18)(H,16,17)/t9-,10+. The Kier molecular flexibility index (Phi) is 3.99. The van der Waals surface area contributed by atoms with Gasteiger partial charge < -0.3 is 20.1 Å². The monoisotopic (exact) mass is 270 g/mol. The summed E-state index contributed by atoms with van der Waals surface area (Å²) in [6.07, 6.45) is 2.52. The number of hydrogen-bond donors (Lipinski definition) is 2. The minimum absolute atomic E-state index is 0.00812. The number of nitrogens with one attached hydrogen (secondary N) is 1. The van der Waals surface area contributed by atoms with Crippen LogP contribution in [0.1, 0.15) is 39.5 Å². The lowest BCUT2D eigenvalue weighted by atomic mass is 9.74. The lowest BCUT2D eigenvalue weighted by Gasteiger charge is -2.44. The van der Waals surface area contributed by atoms with Gasteiger partial charge in [0.1, 0.15) is 0 Å². The first-order valence-electron chi connectivity index (χ1n) is 6.84. The van der Waals surface area contributed by atoms with Crippen molar-refractivity contribution in [2.24, 2.45) is 0 Å². The first-order chi connectivity index (χ1) is 8.90. The van der Waals surface area contributed by atoms with Gasteiger partial charge in [0.15, 0.2) is 0 Å². The number of hydrogen-bond acceptors (Lipinski definition) is 3. The number of carbonyl (C=O) groups is 2. The zero-order valence-electron chi connectivity index (χ0n) is 11.5. The fourth-order valence-electron chi connectivity index (χ4n) is 2.89. The van der Waals surface area contributed by atoms with Gasteiger partial charge in [-0.3, -0.25) is 4.79 Å². The van der Waals surface area contributed by atoms with Gasteiger partial charge in [0.2, 0.25) is 0 Å². The Morgan fingerprint density at radius 2 is 1.89 bits per heavy atom. The molecule has 2 rings (SSSR count). The molecule has 1 aliphatic heterocycles. The maximum atomic E-state index is 12.2. The predicted molar refractivity (Wildman–Crippen MR) is 68.9 cm³/mol. The highest BCUT2D eigenvalue weighted by molar-refractivity contribution is 5.77. The normalized spacial score (nSPS) is 29.5. The van der Waals surface area contributed by atoms with Gasteiger partial charge >= 0.3 is 12.0 Å². The van der Waals surface area contributed by atoms with Gasteiger partial charge in [0.05, 0.1) is 24.2 Å². The summed E-state index contributed by atoms with van der Waals surface area (Å²) in [7, 11) is 0. The second kappa shape index (κ2) is 5.36. The zero-order chi connectivity index (χ0) is 14.0. The third-order valence-electron chi connectivity index (χ3n) is 3.88. The molecule has 2 fully saturated rings. The molecule has 1 saturated carbocycles. The van der Waals surface area contributed by atoms with Crippen molar-refractivity contribution in [1.29, 1.82) is 0 Å². The summed E-state index contributed by atoms with van der Waals surface area (Å²) in [4.78, 5) is 24.9. The van der Waals surface area contributed by atoms with E-state index in [2.05, 4.69) is 5.32 Å². The molecule has 2 atom stereocenters. The van der Waals surface area contributed by atoms with Crippen LogP contribution in [0.15, 0.2) is 0 Å². The molecule has 0 aromatic rings. The molecular formula is C13H22N2O4. The molecule has 0 unspecified atom stereocenters. The summed E-state index contributed by atoms with van der Waals surface area (Å²) in [5.41, 5.74) is -0.534. The Labute approximate surface area is 113 Å². The molecule has 1 heterocycles. The molecule has 0 aromatic heterocycles. The average molecular weight is 270 g/mol. The van der Waals surface area contributed by atoms with Crippen molar-refractivity contribution in [3.8, 4) is 0 Å². The Hall–Kier alpha value is -1.30. The number of rotatable bonds is 3. The van der Waals surface area contributed by atoms with E-state index < -0.39 is 11.5 Å². The molecule has 0 aromatic carbocycles. The van der Waals surface area contributed by atoms with E-state index in [9.17, 15) is 9.59 Å². The SMILES string of the molecule is C[C@@H]1CN(C(=O)NC2(CC(=O)O)CCC2)C[C@H](C)O1. The van der Waals surface area contributed by atoms with E-state index in [1.807, 2.05) is 13.8 Å². The molecule has 1 saturated heterocycles. The van der Waals surface area contributed by atoms with Crippen LogP contribution in [-0.4, -0.2) is 52.8 Å². The van der Waals surface area contributed by atoms with Crippen molar-refractivity contribution < 1.29 is 19.4 Å². The first-order valence-corrected chi connectivity index (χ1v) is 6.84. The molecule has 6 nitrogen and oxygen atoms in total. The second-order valence-electron chi connectivity index (χ2n) is 5.80. The Morgan fingerprint density at radius 3 is 2.32 bits per heavy atom. The first kappa shape index (κ1) is 14.1. The highest BCUT2D eigenvalue weighted by atomic mass is 16.5. The largest absolute Gasteiger partial charge is 0.481 e. The van der Waals surface area contributed by atoms with Gasteiger partial charge in [-0.25, -0.2) is 4.79 Å². The van der Waals surface area contributed by atoms with Crippen molar-refractivity contribution in [2.75, 3.05) is 13.1 Å². The molecule has 0 spiro atoms. The van der Waals surface area contributed by atoms with Gasteiger partial charge in [0.25, 0.3) is 0 Å². The number of carbonyl (C=O) groups excluding carboxylic acids is 1.